The van der Waals surface area contributed by atoms with Crippen molar-refractivity contribution >= 4 is 28.7 Å². The molecule has 1 aromatic heterocycles. The van der Waals surface area contributed by atoms with E-state index in [4.69, 9.17) is 0 Å². The van der Waals surface area contributed by atoms with Crippen LogP contribution < -0.4 is 11.0 Å². The summed E-state index contributed by atoms with van der Waals surface area (Å²) >= 11 is 1.88. The normalized spacial score (nSPS) is 22.3. The van der Waals surface area contributed by atoms with Crippen LogP contribution in [0.1, 0.15) is 36.0 Å². The van der Waals surface area contributed by atoms with Crippen LogP contribution in [0.15, 0.2) is 23.0 Å². The van der Waals surface area contributed by atoms with E-state index in [0.29, 0.717) is 16.3 Å². The fourth-order valence-electron chi connectivity index (χ4n) is 2.93. The number of nitrogens with one attached hydrogen (secondary N) is 3. The number of aromatic amines is 2. The molecule has 2 atom stereocenters. The predicted octanol–water partition coefficient (Wildman–Crippen LogP) is 2.26. The van der Waals surface area contributed by atoms with Gasteiger partial charge in [0.1, 0.15) is 0 Å². The van der Waals surface area contributed by atoms with E-state index in [-0.39, 0.29) is 17.6 Å². The lowest BCUT2D eigenvalue weighted by Crippen LogP contribution is -2.39. The summed E-state index contributed by atoms with van der Waals surface area (Å²) in [4.78, 5) is 28.9. The van der Waals surface area contributed by atoms with Crippen molar-refractivity contribution in [2.24, 2.45) is 0 Å². The first-order valence-corrected chi connectivity index (χ1v) is 8.50. The molecule has 21 heavy (non-hydrogen) atoms. The molecule has 3 N–H and O–H groups in total. The molecule has 1 amide bonds. The van der Waals surface area contributed by atoms with Gasteiger partial charge in [-0.3, -0.25) is 4.79 Å². The van der Waals surface area contributed by atoms with E-state index < -0.39 is 0 Å². The molecule has 6 heteroatoms. The molecule has 1 aliphatic rings. The number of imidazole rings is 1. The Morgan fingerprint density at radius 1 is 1.29 bits per heavy atom. The van der Waals surface area contributed by atoms with E-state index >= 15 is 0 Å². The third-order valence-electron chi connectivity index (χ3n) is 4.07. The molecule has 112 valence electrons. The van der Waals surface area contributed by atoms with Crippen LogP contribution >= 0.6 is 11.8 Å². The Bertz CT molecular complexity index is 706. The maximum Gasteiger partial charge on any atom is 0.323 e. The van der Waals surface area contributed by atoms with Gasteiger partial charge in [-0.1, -0.05) is 6.42 Å². The van der Waals surface area contributed by atoms with Crippen LogP contribution in [0.3, 0.4) is 0 Å². The lowest BCUT2D eigenvalue weighted by molar-refractivity contribution is 0.0928. The molecule has 1 aromatic carbocycles. The lowest BCUT2D eigenvalue weighted by atomic mass is 9.94. The molecule has 0 aliphatic heterocycles. The number of carbonyl (C=O) groups excluding carboxylic acids is 1. The van der Waals surface area contributed by atoms with Crippen LogP contribution in [-0.2, 0) is 0 Å². The van der Waals surface area contributed by atoms with Crippen molar-refractivity contribution in [3.8, 4) is 0 Å². The smallest absolute Gasteiger partial charge is 0.323 e. The first-order chi connectivity index (χ1) is 10.2. The van der Waals surface area contributed by atoms with E-state index in [2.05, 4.69) is 21.5 Å². The summed E-state index contributed by atoms with van der Waals surface area (Å²) < 4.78 is 0. The van der Waals surface area contributed by atoms with Crippen molar-refractivity contribution in [3.63, 3.8) is 0 Å². The number of rotatable bonds is 3. The molecule has 1 saturated carbocycles. The fourth-order valence-corrected chi connectivity index (χ4v) is 3.76. The number of hydrogen-bond acceptors (Lipinski definition) is 3. The highest BCUT2D eigenvalue weighted by atomic mass is 32.2. The zero-order valence-corrected chi connectivity index (χ0v) is 12.8. The molecule has 3 rings (SSSR count). The second-order valence-corrected chi connectivity index (χ2v) is 6.67. The molecule has 1 fully saturated rings. The number of aromatic nitrogens is 2. The summed E-state index contributed by atoms with van der Waals surface area (Å²) in [6, 6.07) is 5.48. The van der Waals surface area contributed by atoms with Crippen LogP contribution in [0, 0.1) is 0 Å². The van der Waals surface area contributed by atoms with E-state index in [9.17, 15) is 9.59 Å². The van der Waals surface area contributed by atoms with Gasteiger partial charge in [-0.15, -0.1) is 0 Å². The molecule has 2 aromatic rings. The van der Waals surface area contributed by atoms with Crippen LogP contribution in [0.25, 0.3) is 11.0 Å². The van der Waals surface area contributed by atoms with Crippen LogP contribution in [-0.4, -0.2) is 33.4 Å². The second kappa shape index (κ2) is 5.97. The topological polar surface area (TPSA) is 77.8 Å². The van der Waals surface area contributed by atoms with Gasteiger partial charge in [0, 0.05) is 16.9 Å². The third-order valence-corrected chi connectivity index (χ3v) is 5.17. The summed E-state index contributed by atoms with van der Waals surface area (Å²) in [5.41, 5.74) is 1.72. The SMILES string of the molecule is CS[C@H]1CCC[C@@H](NC(=O)c2ccc3[nH]c(=O)[nH]c3c2)C1. The maximum atomic E-state index is 12.3. The number of thioether (sulfide) groups is 1. The zero-order valence-electron chi connectivity index (χ0n) is 11.9. The highest BCUT2D eigenvalue weighted by Gasteiger charge is 2.23. The summed E-state index contributed by atoms with van der Waals surface area (Å²) in [7, 11) is 0. The first kappa shape index (κ1) is 14.3. The molecular formula is C15H19N3O2S. The van der Waals surface area contributed by atoms with Crippen molar-refractivity contribution in [1.82, 2.24) is 15.3 Å². The summed E-state index contributed by atoms with van der Waals surface area (Å²) in [5, 5.41) is 3.76. The average Bonchev–Trinajstić information content (AvgIpc) is 2.86. The molecule has 0 spiro atoms. The van der Waals surface area contributed by atoms with E-state index in [1.807, 2.05) is 11.8 Å². The molecule has 0 radical (unpaired) electrons. The molecule has 0 bridgehead atoms. The van der Waals surface area contributed by atoms with Gasteiger partial charge in [-0.2, -0.15) is 11.8 Å². The number of hydrogen-bond donors (Lipinski definition) is 3. The van der Waals surface area contributed by atoms with E-state index in [0.717, 1.165) is 18.4 Å². The molecule has 5 nitrogen and oxygen atoms in total. The van der Waals surface area contributed by atoms with Gasteiger partial charge >= 0.3 is 5.69 Å². The molecular weight excluding hydrogens is 286 g/mol. The number of benzene rings is 1. The van der Waals surface area contributed by atoms with Gasteiger partial charge in [0.05, 0.1) is 11.0 Å². The van der Waals surface area contributed by atoms with Gasteiger partial charge in [-0.05, 0) is 43.7 Å². The summed E-state index contributed by atoms with van der Waals surface area (Å²) in [5.74, 6) is -0.0642. The third kappa shape index (κ3) is 3.15. The predicted molar refractivity (Wildman–Crippen MR) is 85.9 cm³/mol. The van der Waals surface area contributed by atoms with Gasteiger partial charge in [0.25, 0.3) is 5.91 Å². The largest absolute Gasteiger partial charge is 0.349 e. The molecule has 0 unspecified atom stereocenters. The first-order valence-electron chi connectivity index (χ1n) is 7.21. The van der Waals surface area contributed by atoms with E-state index in [1.165, 1.54) is 12.8 Å². The Morgan fingerprint density at radius 3 is 2.90 bits per heavy atom. The van der Waals surface area contributed by atoms with Crippen molar-refractivity contribution < 1.29 is 4.79 Å². The van der Waals surface area contributed by atoms with Gasteiger partial charge in [0.15, 0.2) is 0 Å². The second-order valence-electron chi connectivity index (χ2n) is 5.53. The lowest BCUT2D eigenvalue weighted by Gasteiger charge is -2.28. The average molecular weight is 305 g/mol. The number of amides is 1. The van der Waals surface area contributed by atoms with Crippen molar-refractivity contribution in [2.45, 2.75) is 37.0 Å². The standard InChI is InChI=1S/C15H19N3O2S/c1-21-11-4-2-3-10(8-11)16-14(19)9-5-6-12-13(7-9)18-15(20)17-12/h5-7,10-11H,2-4,8H2,1H3,(H,16,19)(H2,17,18,20)/t10-,11+/m1/s1. The molecule has 1 heterocycles. The van der Waals surface area contributed by atoms with Crippen LogP contribution in [0.5, 0.6) is 0 Å². The monoisotopic (exact) mass is 305 g/mol. The number of H-pyrrole nitrogens is 2. The Hall–Kier alpha value is -1.69. The Morgan fingerprint density at radius 2 is 2.10 bits per heavy atom. The highest BCUT2D eigenvalue weighted by Crippen LogP contribution is 2.27. The fraction of sp³-hybridized carbons (Fsp3) is 0.467. The van der Waals surface area contributed by atoms with Crippen molar-refractivity contribution in [3.05, 3.63) is 34.2 Å². The number of carbonyl (C=O) groups is 1. The van der Waals surface area contributed by atoms with Gasteiger partial charge in [0.2, 0.25) is 0 Å². The summed E-state index contributed by atoms with van der Waals surface area (Å²) in [6.07, 6.45) is 6.62. The van der Waals surface area contributed by atoms with Crippen LogP contribution in [0.2, 0.25) is 0 Å². The Balaban J connectivity index is 1.72. The van der Waals surface area contributed by atoms with Gasteiger partial charge in [-0.25, -0.2) is 4.79 Å². The molecule has 1 aliphatic carbocycles. The molecule has 0 saturated heterocycles. The van der Waals surface area contributed by atoms with Gasteiger partial charge < -0.3 is 15.3 Å². The minimum Gasteiger partial charge on any atom is -0.349 e. The summed E-state index contributed by atoms with van der Waals surface area (Å²) in [6.45, 7) is 0. The number of fused-ring (bicyclic) bond motifs is 1. The minimum atomic E-state index is -0.252. The quantitative estimate of drug-likeness (QED) is 0.814. The van der Waals surface area contributed by atoms with Crippen LogP contribution in [0.4, 0.5) is 0 Å². The highest BCUT2D eigenvalue weighted by molar-refractivity contribution is 7.99. The minimum absolute atomic E-state index is 0.0642. The van der Waals surface area contributed by atoms with Crippen molar-refractivity contribution in [2.75, 3.05) is 6.26 Å². The Kier molecular flexibility index (Phi) is 4.05. The van der Waals surface area contributed by atoms with E-state index in [1.54, 1.807) is 18.2 Å². The zero-order chi connectivity index (χ0) is 14.8. The Labute approximate surface area is 126 Å². The van der Waals surface area contributed by atoms with Crippen molar-refractivity contribution in [1.29, 1.82) is 0 Å². The maximum absolute atomic E-state index is 12.3.